The van der Waals surface area contributed by atoms with Crippen molar-refractivity contribution in [2.75, 3.05) is 23.3 Å². The van der Waals surface area contributed by atoms with Crippen LogP contribution in [0.25, 0.3) is 11.0 Å². The smallest absolute Gasteiger partial charge is 0.337 e. The minimum absolute atomic E-state index is 0.00332. The first-order valence-electron chi connectivity index (χ1n) is 10.1. The number of fused-ring (bicyclic) bond motifs is 1. The summed E-state index contributed by atoms with van der Waals surface area (Å²) in [6.07, 6.45) is -0.303. The van der Waals surface area contributed by atoms with Crippen molar-refractivity contribution in [3.63, 3.8) is 0 Å². The molecule has 4 rings (SSSR count). The SMILES string of the molecule is Cc1cc([C@@H](C)Nc2ccccc2C(=O)O)c2nc(N3CCC(F)(F)C3)c(C#N)nc2c1. The highest BCUT2D eigenvalue weighted by atomic mass is 19.3. The van der Waals surface area contributed by atoms with Crippen LogP contribution in [0.3, 0.4) is 0 Å². The lowest BCUT2D eigenvalue weighted by Gasteiger charge is -2.22. The summed E-state index contributed by atoms with van der Waals surface area (Å²) in [5, 5.41) is 22.2. The van der Waals surface area contributed by atoms with Crippen molar-refractivity contribution < 1.29 is 18.7 Å². The van der Waals surface area contributed by atoms with Crippen LogP contribution >= 0.6 is 0 Å². The number of benzene rings is 2. The maximum Gasteiger partial charge on any atom is 0.337 e. The quantitative estimate of drug-likeness (QED) is 0.605. The Balaban J connectivity index is 1.80. The highest BCUT2D eigenvalue weighted by molar-refractivity contribution is 5.94. The molecule has 2 N–H and O–H groups in total. The third-order valence-corrected chi connectivity index (χ3v) is 5.50. The van der Waals surface area contributed by atoms with Gasteiger partial charge in [-0.2, -0.15) is 5.26 Å². The van der Waals surface area contributed by atoms with Gasteiger partial charge in [0.2, 0.25) is 0 Å². The second kappa shape index (κ2) is 8.04. The van der Waals surface area contributed by atoms with Gasteiger partial charge in [0.15, 0.2) is 11.5 Å². The Hall–Kier alpha value is -3.80. The lowest BCUT2D eigenvalue weighted by atomic mass is 10.0. The van der Waals surface area contributed by atoms with Gasteiger partial charge in [-0.15, -0.1) is 0 Å². The normalized spacial score (nSPS) is 16.0. The summed E-state index contributed by atoms with van der Waals surface area (Å²) in [5.74, 6) is -3.75. The van der Waals surface area contributed by atoms with Crippen molar-refractivity contribution in [3.8, 4) is 6.07 Å². The maximum atomic E-state index is 13.8. The van der Waals surface area contributed by atoms with E-state index in [1.165, 1.54) is 11.0 Å². The van der Waals surface area contributed by atoms with Crippen LogP contribution in [-0.4, -0.2) is 40.1 Å². The molecule has 7 nitrogen and oxygen atoms in total. The summed E-state index contributed by atoms with van der Waals surface area (Å²) in [5.41, 5.74) is 3.15. The van der Waals surface area contributed by atoms with Gasteiger partial charge in [0.05, 0.1) is 29.2 Å². The predicted molar refractivity (Wildman–Crippen MR) is 116 cm³/mol. The first kappa shape index (κ1) is 21.4. The molecule has 164 valence electrons. The maximum absolute atomic E-state index is 13.8. The first-order valence-corrected chi connectivity index (χ1v) is 10.1. The minimum Gasteiger partial charge on any atom is -0.478 e. The van der Waals surface area contributed by atoms with Crippen molar-refractivity contribution in [2.24, 2.45) is 0 Å². The van der Waals surface area contributed by atoms with E-state index in [0.29, 0.717) is 16.7 Å². The molecule has 9 heteroatoms. The first-order chi connectivity index (χ1) is 15.2. The standard InChI is InChI=1S/C23H21F2N5O2/c1-13-9-16(14(2)27-17-6-4-3-5-15(17)22(31)32)20-18(10-13)28-19(11-26)21(29-20)30-8-7-23(24,25)12-30/h3-6,9-10,14,27H,7-8,12H2,1-2H3,(H,31,32)/t14-/m1/s1. The Labute approximate surface area is 183 Å². The molecular weight excluding hydrogens is 416 g/mol. The fraction of sp³-hybridized carbons (Fsp3) is 0.304. The molecular formula is C23H21F2N5O2. The number of rotatable bonds is 5. The fourth-order valence-electron chi connectivity index (χ4n) is 3.97. The number of nitrogens with zero attached hydrogens (tertiary/aromatic N) is 4. The predicted octanol–water partition coefficient (Wildman–Crippen LogP) is 4.53. The number of carbonyl (C=O) groups is 1. The summed E-state index contributed by atoms with van der Waals surface area (Å²) in [4.78, 5) is 22.0. The zero-order chi connectivity index (χ0) is 23.0. The van der Waals surface area contributed by atoms with Gasteiger partial charge >= 0.3 is 5.97 Å². The Morgan fingerprint density at radius 1 is 1.31 bits per heavy atom. The van der Waals surface area contributed by atoms with Gasteiger partial charge in [-0.05, 0) is 37.6 Å². The summed E-state index contributed by atoms with van der Waals surface area (Å²) in [7, 11) is 0. The molecule has 0 unspecified atom stereocenters. The van der Waals surface area contributed by atoms with E-state index in [4.69, 9.17) is 0 Å². The van der Waals surface area contributed by atoms with Gasteiger partial charge in [-0.3, -0.25) is 0 Å². The van der Waals surface area contributed by atoms with Crippen LogP contribution in [0, 0.1) is 18.3 Å². The second-order valence-corrected chi connectivity index (χ2v) is 7.97. The zero-order valence-corrected chi connectivity index (χ0v) is 17.6. The van der Waals surface area contributed by atoms with Crippen LogP contribution in [0.15, 0.2) is 36.4 Å². The number of nitrogens with one attached hydrogen (secondary N) is 1. The number of aryl methyl sites for hydroxylation is 1. The second-order valence-electron chi connectivity index (χ2n) is 7.97. The van der Waals surface area contributed by atoms with Crippen LogP contribution in [0.4, 0.5) is 20.3 Å². The van der Waals surface area contributed by atoms with E-state index in [-0.39, 0.29) is 36.1 Å². The van der Waals surface area contributed by atoms with E-state index in [1.54, 1.807) is 24.3 Å². The lowest BCUT2D eigenvalue weighted by molar-refractivity contribution is 0.0256. The number of hydrogen-bond acceptors (Lipinski definition) is 6. The van der Waals surface area contributed by atoms with E-state index in [0.717, 1.165) is 11.1 Å². The number of carboxylic acids is 1. The third-order valence-electron chi connectivity index (χ3n) is 5.50. The van der Waals surface area contributed by atoms with E-state index >= 15 is 0 Å². The number of para-hydroxylation sites is 1. The molecule has 2 aromatic carbocycles. The Morgan fingerprint density at radius 3 is 2.72 bits per heavy atom. The van der Waals surface area contributed by atoms with Crippen LogP contribution < -0.4 is 10.2 Å². The highest BCUT2D eigenvalue weighted by Crippen LogP contribution is 2.34. The molecule has 1 aliphatic rings. The average Bonchev–Trinajstić information content (AvgIpc) is 3.11. The van der Waals surface area contributed by atoms with E-state index in [2.05, 4.69) is 15.3 Å². The molecule has 1 saturated heterocycles. The molecule has 0 spiro atoms. The minimum atomic E-state index is -2.84. The zero-order valence-electron chi connectivity index (χ0n) is 17.6. The van der Waals surface area contributed by atoms with Gasteiger partial charge in [0.25, 0.3) is 5.92 Å². The average molecular weight is 437 g/mol. The Kier molecular flexibility index (Phi) is 5.38. The number of aromatic carboxylic acids is 1. The fourth-order valence-corrected chi connectivity index (χ4v) is 3.97. The largest absolute Gasteiger partial charge is 0.478 e. The topological polar surface area (TPSA) is 102 Å². The van der Waals surface area contributed by atoms with Crippen molar-refractivity contribution in [1.29, 1.82) is 5.26 Å². The molecule has 0 radical (unpaired) electrons. The summed E-state index contributed by atoms with van der Waals surface area (Å²) >= 11 is 0. The van der Waals surface area contributed by atoms with Crippen molar-refractivity contribution in [2.45, 2.75) is 32.2 Å². The van der Waals surface area contributed by atoms with Gasteiger partial charge in [-0.1, -0.05) is 18.2 Å². The molecule has 1 fully saturated rings. The van der Waals surface area contributed by atoms with Crippen LogP contribution in [0.2, 0.25) is 0 Å². The van der Waals surface area contributed by atoms with Crippen molar-refractivity contribution in [1.82, 2.24) is 9.97 Å². The monoisotopic (exact) mass is 437 g/mol. The van der Waals surface area contributed by atoms with Gasteiger partial charge in [0.1, 0.15) is 6.07 Å². The lowest BCUT2D eigenvalue weighted by Crippen LogP contribution is -2.26. The van der Waals surface area contributed by atoms with Crippen LogP contribution in [-0.2, 0) is 0 Å². The molecule has 1 aromatic heterocycles. The van der Waals surface area contributed by atoms with Gasteiger partial charge in [-0.25, -0.2) is 23.5 Å². The molecule has 0 amide bonds. The van der Waals surface area contributed by atoms with Gasteiger partial charge < -0.3 is 15.3 Å². The summed E-state index contributed by atoms with van der Waals surface area (Å²) < 4.78 is 27.6. The number of anilines is 2. The number of carboxylic acid groups (broad SMARTS) is 1. The van der Waals surface area contributed by atoms with E-state index in [1.807, 2.05) is 26.0 Å². The Morgan fingerprint density at radius 2 is 2.06 bits per heavy atom. The molecule has 0 aliphatic carbocycles. The van der Waals surface area contributed by atoms with E-state index in [9.17, 15) is 23.9 Å². The molecule has 3 aromatic rings. The molecule has 0 bridgehead atoms. The number of alkyl halides is 2. The summed E-state index contributed by atoms with van der Waals surface area (Å²) in [6.45, 7) is 3.31. The van der Waals surface area contributed by atoms with Crippen molar-refractivity contribution in [3.05, 3.63) is 58.8 Å². The molecule has 32 heavy (non-hydrogen) atoms. The molecule has 1 aliphatic heterocycles. The van der Waals surface area contributed by atoms with Gasteiger partial charge in [0, 0.05) is 24.2 Å². The van der Waals surface area contributed by atoms with Crippen LogP contribution in [0.5, 0.6) is 0 Å². The van der Waals surface area contributed by atoms with Crippen LogP contribution in [0.1, 0.15) is 46.6 Å². The molecule has 1 atom stereocenters. The number of hydrogen-bond donors (Lipinski definition) is 2. The number of nitriles is 1. The van der Waals surface area contributed by atoms with E-state index < -0.39 is 18.4 Å². The Bertz CT molecular complexity index is 1260. The molecule has 2 heterocycles. The van der Waals surface area contributed by atoms with Crippen molar-refractivity contribution >= 4 is 28.5 Å². The summed E-state index contributed by atoms with van der Waals surface area (Å²) in [6, 6.07) is 11.9. The molecule has 0 saturated carbocycles. The number of halogens is 2. The third kappa shape index (κ3) is 4.04. The number of aromatic nitrogens is 2. The highest BCUT2D eigenvalue weighted by Gasteiger charge is 2.40.